The average Bonchev–Trinajstić information content (AvgIpc) is 2.60. The molecule has 0 radical (unpaired) electrons. The molecule has 2 nitrogen and oxygen atoms in total. The summed E-state index contributed by atoms with van der Waals surface area (Å²) < 4.78 is 0. The molecule has 0 amide bonds. The zero-order chi connectivity index (χ0) is 11.3. The first-order valence-electron chi connectivity index (χ1n) is 5.85. The number of rotatable bonds is 6. The van der Waals surface area contributed by atoms with Gasteiger partial charge in [-0.15, -0.1) is 11.3 Å². The van der Waals surface area contributed by atoms with Crippen LogP contribution < -0.4 is 5.32 Å². The van der Waals surface area contributed by atoms with E-state index in [4.69, 9.17) is 0 Å². The van der Waals surface area contributed by atoms with Crippen LogP contribution in [0.4, 0.5) is 0 Å². The molecule has 0 aromatic carbocycles. The van der Waals surface area contributed by atoms with Crippen molar-refractivity contribution in [3.8, 4) is 0 Å². The quantitative estimate of drug-likeness (QED) is 0.751. The maximum absolute atomic E-state index is 4.64. The second kappa shape index (κ2) is 6.23. The van der Waals surface area contributed by atoms with Crippen molar-refractivity contribution in [3.05, 3.63) is 15.6 Å². The molecule has 15 heavy (non-hydrogen) atoms. The first-order valence-corrected chi connectivity index (χ1v) is 6.67. The maximum atomic E-state index is 4.64. The van der Waals surface area contributed by atoms with Crippen LogP contribution >= 0.6 is 11.3 Å². The van der Waals surface area contributed by atoms with E-state index in [9.17, 15) is 0 Å². The van der Waals surface area contributed by atoms with Crippen molar-refractivity contribution in [1.29, 1.82) is 0 Å². The lowest BCUT2D eigenvalue weighted by molar-refractivity contribution is 0.678. The number of nitrogens with zero attached hydrogens (tertiary/aromatic N) is 1. The highest BCUT2D eigenvalue weighted by molar-refractivity contribution is 7.11. The third-order valence-corrected chi connectivity index (χ3v) is 4.04. The van der Waals surface area contributed by atoms with Gasteiger partial charge in [-0.25, -0.2) is 4.98 Å². The van der Waals surface area contributed by atoms with E-state index in [-0.39, 0.29) is 0 Å². The van der Waals surface area contributed by atoms with E-state index in [2.05, 4.69) is 38.0 Å². The van der Waals surface area contributed by atoms with E-state index in [0.29, 0.717) is 5.92 Å². The molecule has 0 bridgehead atoms. The third kappa shape index (κ3) is 3.58. The van der Waals surface area contributed by atoms with Gasteiger partial charge >= 0.3 is 0 Å². The number of nitrogens with one attached hydrogen (secondary N) is 1. The topological polar surface area (TPSA) is 24.9 Å². The molecule has 0 spiro atoms. The molecule has 3 heteroatoms. The molecule has 0 aliphatic carbocycles. The Morgan fingerprint density at radius 3 is 2.73 bits per heavy atom. The molecule has 1 atom stereocenters. The van der Waals surface area contributed by atoms with Crippen LogP contribution in [0.3, 0.4) is 0 Å². The molecule has 1 aromatic heterocycles. The van der Waals surface area contributed by atoms with Gasteiger partial charge in [-0.3, -0.25) is 0 Å². The molecule has 0 aliphatic heterocycles. The number of aryl methyl sites for hydroxylation is 1. The fraction of sp³-hybridized carbons (Fsp3) is 0.750. The van der Waals surface area contributed by atoms with Crippen molar-refractivity contribution in [2.24, 2.45) is 0 Å². The third-order valence-electron chi connectivity index (χ3n) is 2.66. The molecule has 1 heterocycles. The predicted molar refractivity (Wildman–Crippen MR) is 67.6 cm³/mol. The van der Waals surface area contributed by atoms with Crippen LogP contribution in [0.5, 0.6) is 0 Å². The standard InChI is InChI=1S/C12H22N2S/c1-5-7-13-8-11-10(4)14-12(15-11)9(3)6-2/h9,13H,5-8H2,1-4H3. The molecule has 1 aromatic rings. The monoisotopic (exact) mass is 226 g/mol. The Labute approximate surface area is 97.1 Å². The number of hydrogen-bond acceptors (Lipinski definition) is 3. The maximum Gasteiger partial charge on any atom is 0.0959 e. The SMILES string of the molecule is CCCNCc1sc(C(C)CC)nc1C. The summed E-state index contributed by atoms with van der Waals surface area (Å²) in [6, 6.07) is 0. The van der Waals surface area contributed by atoms with Crippen molar-refractivity contribution in [1.82, 2.24) is 10.3 Å². The number of thiazole rings is 1. The van der Waals surface area contributed by atoms with Gasteiger partial charge in [0, 0.05) is 17.3 Å². The summed E-state index contributed by atoms with van der Waals surface area (Å²) in [6.45, 7) is 10.9. The minimum atomic E-state index is 0.605. The highest BCUT2D eigenvalue weighted by atomic mass is 32.1. The predicted octanol–water partition coefficient (Wildman–Crippen LogP) is 3.46. The Hall–Kier alpha value is -0.410. The molecule has 86 valence electrons. The van der Waals surface area contributed by atoms with Gasteiger partial charge in [0.25, 0.3) is 0 Å². The van der Waals surface area contributed by atoms with E-state index in [1.54, 1.807) is 0 Å². The lowest BCUT2D eigenvalue weighted by atomic mass is 10.1. The van der Waals surface area contributed by atoms with Gasteiger partial charge in [0.05, 0.1) is 10.7 Å². The molecule has 0 saturated heterocycles. The lowest BCUT2D eigenvalue weighted by Gasteiger charge is -2.02. The van der Waals surface area contributed by atoms with E-state index >= 15 is 0 Å². The minimum absolute atomic E-state index is 0.605. The van der Waals surface area contributed by atoms with Crippen LogP contribution in [0.1, 0.15) is 55.1 Å². The zero-order valence-corrected chi connectivity index (χ0v) is 11.1. The van der Waals surface area contributed by atoms with Gasteiger partial charge in [0.15, 0.2) is 0 Å². The fourth-order valence-corrected chi connectivity index (χ4v) is 2.55. The van der Waals surface area contributed by atoms with Crippen LogP contribution in [0.2, 0.25) is 0 Å². The van der Waals surface area contributed by atoms with Crippen LogP contribution in [0.25, 0.3) is 0 Å². The van der Waals surface area contributed by atoms with Crippen molar-refractivity contribution in [3.63, 3.8) is 0 Å². The number of aromatic nitrogens is 1. The van der Waals surface area contributed by atoms with Crippen molar-refractivity contribution >= 4 is 11.3 Å². The molecule has 1 rings (SSSR count). The second-order valence-electron chi connectivity index (χ2n) is 4.05. The van der Waals surface area contributed by atoms with Crippen LogP contribution in [0, 0.1) is 6.92 Å². The normalized spacial score (nSPS) is 13.1. The molecule has 0 saturated carbocycles. The van der Waals surface area contributed by atoms with E-state index in [1.165, 1.54) is 28.4 Å². The summed E-state index contributed by atoms with van der Waals surface area (Å²) in [5.41, 5.74) is 1.21. The number of hydrogen-bond donors (Lipinski definition) is 1. The lowest BCUT2D eigenvalue weighted by Crippen LogP contribution is -2.13. The Kier molecular flexibility index (Phi) is 5.26. The van der Waals surface area contributed by atoms with Crippen LogP contribution in [0.15, 0.2) is 0 Å². The van der Waals surface area contributed by atoms with Gasteiger partial charge in [0.1, 0.15) is 0 Å². The molecular weight excluding hydrogens is 204 g/mol. The summed E-state index contributed by atoms with van der Waals surface area (Å²) in [4.78, 5) is 6.04. The Balaban J connectivity index is 2.60. The minimum Gasteiger partial charge on any atom is -0.312 e. The van der Waals surface area contributed by atoms with Crippen molar-refractivity contribution in [2.75, 3.05) is 6.54 Å². The van der Waals surface area contributed by atoms with Gasteiger partial charge in [-0.05, 0) is 26.3 Å². The summed E-state index contributed by atoms with van der Waals surface area (Å²) in [5.74, 6) is 0.605. The highest BCUT2D eigenvalue weighted by Crippen LogP contribution is 2.26. The molecule has 0 aliphatic rings. The zero-order valence-electron chi connectivity index (χ0n) is 10.3. The second-order valence-corrected chi connectivity index (χ2v) is 5.16. The summed E-state index contributed by atoms with van der Waals surface area (Å²) in [7, 11) is 0. The van der Waals surface area contributed by atoms with E-state index < -0.39 is 0 Å². The van der Waals surface area contributed by atoms with Crippen LogP contribution in [-0.4, -0.2) is 11.5 Å². The average molecular weight is 226 g/mol. The van der Waals surface area contributed by atoms with Crippen LogP contribution in [-0.2, 0) is 6.54 Å². The molecule has 1 unspecified atom stereocenters. The molecule has 1 N–H and O–H groups in total. The van der Waals surface area contributed by atoms with Gasteiger partial charge in [0.2, 0.25) is 0 Å². The smallest absolute Gasteiger partial charge is 0.0959 e. The summed E-state index contributed by atoms with van der Waals surface area (Å²) in [6.07, 6.45) is 2.37. The summed E-state index contributed by atoms with van der Waals surface area (Å²) >= 11 is 1.87. The highest BCUT2D eigenvalue weighted by Gasteiger charge is 2.11. The van der Waals surface area contributed by atoms with Crippen molar-refractivity contribution < 1.29 is 0 Å². The van der Waals surface area contributed by atoms with Gasteiger partial charge < -0.3 is 5.32 Å². The van der Waals surface area contributed by atoms with Gasteiger partial charge in [-0.2, -0.15) is 0 Å². The largest absolute Gasteiger partial charge is 0.312 e. The van der Waals surface area contributed by atoms with E-state index in [0.717, 1.165) is 13.1 Å². The Bertz CT molecular complexity index is 294. The first kappa shape index (κ1) is 12.7. The van der Waals surface area contributed by atoms with E-state index in [1.807, 2.05) is 11.3 Å². The Morgan fingerprint density at radius 2 is 2.13 bits per heavy atom. The first-order chi connectivity index (χ1) is 7.19. The van der Waals surface area contributed by atoms with Gasteiger partial charge in [-0.1, -0.05) is 20.8 Å². The molecular formula is C12H22N2S. The van der Waals surface area contributed by atoms with Crippen molar-refractivity contribution in [2.45, 2.75) is 53.0 Å². The Morgan fingerprint density at radius 1 is 1.40 bits per heavy atom. The fourth-order valence-electron chi connectivity index (χ4n) is 1.38. The molecule has 0 fully saturated rings. The summed E-state index contributed by atoms with van der Waals surface area (Å²) in [5, 5.41) is 4.73.